The lowest BCUT2D eigenvalue weighted by Crippen LogP contribution is -2.60. The predicted molar refractivity (Wildman–Crippen MR) is 56.7 cm³/mol. The van der Waals surface area contributed by atoms with Gasteiger partial charge >= 0.3 is 17.7 Å². The smallest absolute Gasteiger partial charge is 0.366 e. The highest BCUT2D eigenvalue weighted by molar-refractivity contribution is 6.03. The first-order valence-corrected chi connectivity index (χ1v) is 5.26. The minimum atomic E-state index is -1.86. The van der Waals surface area contributed by atoms with E-state index in [4.69, 9.17) is 14.2 Å². The SMILES string of the molecule is CCOC(=O)C(NC)(OCC)C(=O)OCC. The van der Waals surface area contributed by atoms with Crippen LogP contribution in [0.25, 0.3) is 0 Å². The quantitative estimate of drug-likeness (QED) is 0.381. The summed E-state index contributed by atoms with van der Waals surface area (Å²) >= 11 is 0. The second kappa shape index (κ2) is 7.19. The largest absolute Gasteiger partial charge is 0.462 e. The van der Waals surface area contributed by atoms with Crippen molar-refractivity contribution < 1.29 is 23.8 Å². The predicted octanol–water partition coefficient (Wildman–Crippen LogP) is 0.0648. The molecular weight excluding hydrogens is 214 g/mol. The van der Waals surface area contributed by atoms with Crippen molar-refractivity contribution in [1.82, 2.24) is 5.32 Å². The maximum absolute atomic E-state index is 11.7. The van der Waals surface area contributed by atoms with Gasteiger partial charge in [0.05, 0.1) is 13.2 Å². The Bertz CT molecular complexity index is 223. The molecule has 0 radical (unpaired) electrons. The fourth-order valence-electron chi connectivity index (χ4n) is 1.16. The van der Waals surface area contributed by atoms with E-state index in [0.717, 1.165) is 0 Å². The van der Waals surface area contributed by atoms with Crippen molar-refractivity contribution in [2.24, 2.45) is 0 Å². The van der Waals surface area contributed by atoms with E-state index in [0.29, 0.717) is 0 Å². The number of hydrogen-bond acceptors (Lipinski definition) is 6. The molecule has 0 aromatic carbocycles. The van der Waals surface area contributed by atoms with E-state index < -0.39 is 17.7 Å². The van der Waals surface area contributed by atoms with Crippen LogP contribution < -0.4 is 5.32 Å². The van der Waals surface area contributed by atoms with Gasteiger partial charge in [-0.1, -0.05) is 0 Å². The van der Waals surface area contributed by atoms with Crippen molar-refractivity contribution >= 4 is 11.9 Å². The summed E-state index contributed by atoms with van der Waals surface area (Å²) in [6.45, 7) is 5.47. The number of likely N-dealkylation sites (N-methyl/N-ethyl adjacent to an activating group) is 1. The summed E-state index contributed by atoms with van der Waals surface area (Å²) in [5.41, 5.74) is -1.86. The molecule has 0 bridgehead atoms. The van der Waals surface area contributed by atoms with Gasteiger partial charge < -0.3 is 14.2 Å². The maximum atomic E-state index is 11.7. The topological polar surface area (TPSA) is 73.9 Å². The molecule has 94 valence electrons. The molecule has 0 rings (SSSR count). The molecule has 0 aromatic rings. The highest BCUT2D eigenvalue weighted by Crippen LogP contribution is 2.12. The van der Waals surface area contributed by atoms with Crippen LogP contribution in [0, 0.1) is 0 Å². The van der Waals surface area contributed by atoms with Crippen LogP contribution in [0.1, 0.15) is 20.8 Å². The first-order valence-electron chi connectivity index (χ1n) is 5.26. The molecule has 0 aromatic heterocycles. The Morgan fingerprint density at radius 3 is 1.69 bits per heavy atom. The second-order valence-corrected chi connectivity index (χ2v) is 2.81. The zero-order chi connectivity index (χ0) is 12.6. The van der Waals surface area contributed by atoms with Crippen molar-refractivity contribution in [2.45, 2.75) is 26.5 Å². The minimum Gasteiger partial charge on any atom is -0.462 e. The molecule has 0 fully saturated rings. The lowest BCUT2D eigenvalue weighted by molar-refractivity contribution is -0.194. The first kappa shape index (κ1) is 14.9. The van der Waals surface area contributed by atoms with Gasteiger partial charge in [-0.25, -0.2) is 9.59 Å². The van der Waals surface area contributed by atoms with Crippen LogP contribution in [-0.4, -0.2) is 44.5 Å². The van der Waals surface area contributed by atoms with E-state index in [1.807, 2.05) is 0 Å². The molecule has 0 saturated heterocycles. The van der Waals surface area contributed by atoms with E-state index in [1.54, 1.807) is 20.8 Å². The summed E-state index contributed by atoms with van der Waals surface area (Å²) in [5.74, 6) is -1.59. The average molecular weight is 233 g/mol. The van der Waals surface area contributed by atoms with Crippen molar-refractivity contribution in [3.8, 4) is 0 Å². The monoisotopic (exact) mass is 233 g/mol. The normalized spacial score (nSPS) is 11.0. The van der Waals surface area contributed by atoms with E-state index in [2.05, 4.69) is 5.32 Å². The highest BCUT2D eigenvalue weighted by Gasteiger charge is 2.49. The van der Waals surface area contributed by atoms with Crippen molar-refractivity contribution in [3.63, 3.8) is 0 Å². The number of hydrogen-bond donors (Lipinski definition) is 1. The standard InChI is InChI=1S/C10H19NO5/c1-5-14-8(12)10(11-4,16-7-3)9(13)15-6-2/h11H,5-7H2,1-4H3. The van der Waals surface area contributed by atoms with E-state index in [-0.39, 0.29) is 19.8 Å². The molecular formula is C10H19NO5. The van der Waals surface area contributed by atoms with Crippen LogP contribution in [0.4, 0.5) is 0 Å². The van der Waals surface area contributed by atoms with Crippen LogP contribution >= 0.6 is 0 Å². The summed E-state index contributed by atoms with van der Waals surface area (Å²) in [7, 11) is 1.43. The lowest BCUT2D eigenvalue weighted by Gasteiger charge is -2.27. The van der Waals surface area contributed by atoms with Gasteiger partial charge in [-0.15, -0.1) is 0 Å². The second-order valence-electron chi connectivity index (χ2n) is 2.81. The van der Waals surface area contributed by atoms with Crippen LogP contribution in [0.15, 0.2) is 0 Å². The van der Waals surface area contributed by atoms with Gasteiger partial charge in [0.15, 0.2) is 0 Å². The van der Waals surface area contributed by atoms with Gasteiger partial charge in [-0.3, -0.25) is 5.32 Å². The lowest BCUT2D eigenvalue weighted by atomic mass is 10.2. The number of ether oxygens (including phenoxy) is 3. The molecule has 6 nitrogen and oxygen atoms in total. The van der Waals surface area contributed by atoms with E-state index in [9.17, 15) is 9.59 Å². The van der Waals surface area contributed by atoms with Gasteiger partial charge in [0, 0.05) is 6.61 Å². The molecule has 0 aliphatic rings. The Morgan fingerprint density at radius 2 is 1.44 bits per heavy atom. The molecule has 0 aliphatic carbocycles. The molecule has 0 saturated carbocycles. The Kier molecular flexibility index (Phi) is 6.67. The zero-order valence-electron chi connectivity index (χ0n) is 10.2. The Labute approximate surface area is 95.2 Å². The van der Waals surface area contributed by atoms with Crippen LogP contribution in [0.2, 0.25) is 0 Å². The van der Waals surface area contributed by atoms with Gasteiger partial charge in [-0.05, 0) is 27.8 Å². The third-order valence-electron chi connectivity index (χ3n) is 1.84. The first-order chi connectivity index (χ1) is 7.58. The molecule has 6 heteroatoms. The fourth-order valence-corrected chi connectivity index (χ4v) is 1.16. The molecule has 0 atom stereocenters. The van der Waals surface area contributed by atoms with E-state index >= 15 is 0 Å². The molecule has 0 heterocycles. The summed E-state index contributed by atoms with van der Waals surface area (Å²) in [5, 5.41) is 2.51. The van der Waals surface area contributed by atoms with Crippen molar-refractivity contribution in [3.05, 3.63) is 0 Å². The molecule has 0 amide bonds. The Hall–Kier alpha value is -1.14. The number of esters is 2. The number of carbonyl (C=O) groups is 2. The van der Waals surface area contributed by atoms with Crippen LogP contribution in [0.3, 0.4) is 0 Å². The molecule has 16 heavy (non-hydrogen) atoms. The number of rotatable bonds is 7. The number of nitrogens with one attached hydrogen (secondary N) is 1. The van der Waals surface area contributed by atoms with E-state index in [1.165, 1.54) is 7.05 Å². The minimum absolute atomic E-state index is 0.161. The summed E-state index contributed by atoms with van der Waals surface area (Å²) in [6.07, 6.45) is 0. The fraction of sp³-hybridized carbons (Fsp3) is 0.800. The van der Waals surface area contributed by atoms with Gasteiger partial charge in [0.25, 0.3) is 0 Å². The molecule has 0 unspecified atom stereocenters. The summed E-state index contributed by atoms with van der Waals surface area (Å²) in [4.78, 5) is 23.4. The third kappa shape index (κ3) is 3.18. The van der Waals surface area contributed by atoms with Crippen LogP contribution in [0.5, 0.6) is 0 Å². The van der Waals surface area contributed by atoms with Gasteiger partial charge in [0.2, 0.25) is 0 Å². The van der Waals surface area contributed by atoms with Crippen molar-refractivity contribution in [2.75, 3.05) is 26.9 Å². The molecule has 0 aliphatic heterocycles. The summed E-state index contributed by atoms with van der Waals surface area (Å²) < 4.78 is 14.7. The third-order valence-corrected chi connectivity index (χ3v) is 1.84. The zero-order valence-corrected chi connectivity index (χ0v) is 10.2. The summed E-state index contributed by atoms with van der Waals surface area (Å²) in [6, 6.07) is 0. The highest BCUT2D eigenvalue weighted by atomic mass is 16.6. The molecule has 1 N–H and O–H groups in total. The maximum Gasteiger partial charge on any atom is 0.366 e. The average Bonchev–Trinajstić information content (AvgIpc) is 2.26. The van der Waals surface area contributed by atoms with Gasteiger partial charge in [0.1, 0.15) is 0 Å². The van der Waals surface area contributed by atoms with Gasteiger partial charge in [-0.2, -0.15) is 0 Å². The van der Waals surface area contributed by atoms with Crippen molar-refractivity contribution in [1.29, 1.82) is 0 Å². The Morgan fingerprint density at radius 1 is 1.00 bits per heavy atom. The number of carbonyl (C=O) groups excluding carboxylic acids is 2. The Balaban J connectivity index is 4.97. The van der Waals surface area contributed by atoms with Crippen LogP contribution in [-0.2, 0) is 23.8 Å². The molecule has 0 spiro atoms.